The number of nitrogens with one attached hydrogen (secondary N) is 1. The SMILES string of the molecule is CC(C)(CC(=O)O)CC1CCN(Cc2ccc3c(c2)Nc2nccnc2S3)CC1. The summed E-state index contributed by atoms with van der Waals surface area (Å²) in [5.41, 5.74) is 2.28. The van der Waals surface area contributed by atoms with Crippen LogP contribution in [0.4, 0.5) is 11.5 Å². The fourth-order valence-corrected chi connectivity index (χ4v) is 5.33. The van der Waals surface area contributed by atoms with Gasteiger partial charge < -0.3 is 10.4 Å². The molecule has 2 aliphatic rings. The monoisotopic (exact) mass is 412 g/mol. The van der Waals surface area contributed by atoms with Gasteiger partial charge in [0.1, 0.15) is 5.03 Å². The highest BCUT2D eigenvalue weighted by atomic mass is 32.2. The molecule has 2 N–H and O–H groups in total. The predicted octanol–water partition coefficient (Wildman–Crippen LogP) is 4.79. The van der Waals surface area contributed by atoms with Gasteiger partial charge in [-0.15, -0.1) is 0 Å². The highest BCUT2D eigenvalue weighted by Gasteiger charge is 2.28. The smallest absolute Gasteiger partial charge is 0.303 e. The summed E-state index contributed by atoms with van der Waals surface area (Å²) in [5, 5.41) is 13.4. The van der Waals surface area contributed by atoms with Gasteiger partial charge in [-0.25, -0.2) is 9.97 Å². The van der Waals surface area contributed by atoms with Crippen LogP contribution >= 0.6 is 11.8 Å². The fraction of sp³-hybridized carbons (Fsp3) is 0.500. The van der Waals surface area contributed by atoms with Gasteiger partial charge in [-0.2, -0.15) is 0 Å². The molecule has 154 valence electrons. The number of aromatic nitrogens is 2. The molecule has 0 bridgehead atoms. The van der Waals surface area contributed by atoms with Crippen molar-refractivity contribution in [3.63, 3.8) is 0 Å². The van der Waals surface area contributed by atoms with Crippen LogP contribution in [0.5, 0.6) is 0 Å². The maximum Gasteiger partial charge on any atom is 0.303 e. The predicted molar refractivity (Wildman–Crippen MR) is 115 cm³/mol. The number of aliphatic carboxylic acids is 1. The minimum atomic E-state index is -0.694. The van der Waals surface area contributed by atoms with E-state index in [4.69, 9.17) is 5.11 Å². The van der Waals surface area contributed by atoms with Crippen LogP contribution in [-0.2, 0) is 11.3 Å². The van der Waals surface area contributed by atoms with Crippen LogP contribution in [0.25, 0.3) is 0 Å². The van der Waals surface area contributed by atoms with E-state index in [-0.39, 0.29) is 11.8 Å². The average molecular weight is 413 g/mol. The molecule has 29 heavy (non-hydrogen) atoms. The quantitative estimate of drug-likeness (QED) is 0.603. The van der Waals surface area contributed by atoms with Crippen molar-refractivity contribution in [2.24, 2.45) is 11.3 Å². The lowest BCUT2D eigenvalue weighted by molar-refractivity contribution is -0.139. The minimum Gasteiger partial charge on any atom is -0.481 e. The first kappa shape index (κ1) is 20.2. The molecule has 1 fully saturated rings. The van der Waals surface area contributed by atoms with E-state index in [1.54, 1.807) is 24.2 Å². The van der Waals surface area contributed by atoms with E-state index in [1.165, 1.54) is 10.5 Å². The summed E-state index contributed by atoms with van der Waals surface area (Å²) >= 11 is 1.66. The molecule has 0 amide bonds. The van der Waals surface area contributed by atoms with Crippen molar-refractivity contribution in [1.82, 2.24) is 14.9 Å². The summed E-state index contributed by atoms with van der Waals surface area (Å²) < 4.78 is 0. The van der Waals surface area contributed by atoms with E-state index in [1.807, 2.05) is 0 Å². The maximum atomic E-state index is 11.1. The van der Waals surface area contributed by atoms with Crippen LogP contribution in [0.3, 0.4) is 0 Å². The summed E-state index contributed by atoms with van der Waals surface area (Å²) in [6.45, 7) is 7.24. The number of carboxylic acid groups (broad SMARTS) is 1. The van der Waals surface area contributed by atoms with Crippen molar-refractivity contribution < 1.29 is 9.90 Å². The summed E-state index contributed by atoms with van der Waals surface area (Å²) in [6, 6.07) is 6.60. The number of nitrogens with zero attached hydrogens (tertiary/aromatic N) is 3. The highest BCUT2D eigenvalue weighted by molar-refractivity contribution is 7.99. The van der Waals surface area contributed by atoms with Crippen molar-refractivity contribution in [2.75, 3.05) is 18.4 Å². The first-order valence-electron chi connectivity index (χ1n) is 10.2. The molecule has 0 atom stereocenters. The van der Waals surface area contributed by atoms with E-state index in [2.05, 4.69) is 52.2 Å². The fourth-order valence-electron chi connectivity index (χ4n) is 4.45. The lowest BCUT2D eigenvalue weighted by atomic mass is 9.77. The summed E-state index contributed by atoms with van der Waals surface area (Å²) in [5.74, 6) is 0.754. The molecule has 6 nitrogen and oxygen atoms in total. The van der Waals surface area contributed by atoms with E-state index >= 15 is 0 Å². The number of carbonyl (C=O) groups is 1. The Hall–Kier alpha value is -2.12. The molecule has 0 radical (unpaired) electrons. The second-order valence-electron chi connectivity index (χ2n) is 8.93. The minimum absolute atomic E-state index is 0.125. The van der Waals surface area contributed by atoms with Gasteiger partial charge >= 0.3 is 5.97 Å². The zero-order chi connectivity index (χ0) is 20.4. The van der Waals surface area contributed by atoms with Crippen LogP contribution in [0.15, 0.2) is 40.5 Å². The third kappa shape index (κ3) is 5.08. The van der Waals surface area contributed by atoms with E-state index in [0.717, 1.165) is 55.4 Å². The summed E-state index contributed by atoms with van der Waals surface area (Å²) in [6.07, 6.45) is 6.97. The molecule has 4 rings (SSSR count). The van der Waals surface area contributed by atoms with Crippen LogP contribution in [0, 0.1) is 11.3 Å². The standard InChI is InChI=1S/C22H28N4O2S/c1-22(2,13-19(27)28)12-15-5-9-26(10-6-15)14-16-3-4-18-17(11-16)25-20-21(29-18)24-8-7-23-20/h3-4,7-8,11,15H,5-6,9-10,12-14H2,1-2H3,(H,23,25)(H,27,28). The van der Waals surface area contributed by atoms with Crippen molar-refractivity contribution in [2.45, 2.75) is 56.0 Å². The second kappa shape index (κ2) is 8.32. The molecule has 1 aromatic heterocycles. The number of carboxylic acids is 1. The molecule has 3 heterocycles. The Morgan fingerprint density at radius 1 is 1.28 bits per heavy atom. The van der Waals surface area contributed by atoms with E-state index < -0.39 is 5.97 Å². The molecule has 1 saturated heterocycles. The van der Waals surface area contributed by atoms with Gasteiger partial charge in [0.25, 0.3) is 0 Å². The number of likely N-dealkylation sites (tertiary alicyclic amines) is 1. The number of rotatable bonds is 6. The molecular weight excluding hydrogens is 384 g/mol. The highest BCUT2D eigenvalue weighted by Crippen LogP contribution is 2.42. The molecular formula is C22H28N4O2S. The lowest BCUT2D eigenvalue weighted by Gasteiger charge is -2.36. The number of anilines is 2. The molecule has 0 saturated carbocycles. The largest absolute Gasteiger partial charge is 0.481 e. The number of hydrogen-bond acceptors (Lipinski definition) is 6. The van der Waals surface area contributed by atoms with Crippen molar-refractivity contribution >= 4 is 29.2 Å². The van der Waals surface area contributed by atoms with Crippen molar-refractivity contribution in [1.29, 1.82) is 0 Å². The number of hydrogen-bond donors (Lipinski definition) is 2. The van der Waals surface area contributed by atoms with Gasteiger partial charge in [-0.1, -0.05) is 31.7 Å². The molecule has 2 aliphatic heterocycles. The molecule has 0 aliphatic carbocycles. The Bertz CT molecular complexity index is 894. The second-order valence-corrected chi connectivity index (χ2v) is 9.96. The molecule has 0 spiro atoms. The van der Waals surface area contributed by atoms with Gasteiger partial charge in [0.2, 0.25) is 0 Å². The Morgan fingerprint density at radius 2 is 2.03 bits per heavy atom. The first-order valence-corrected chi connectivity index (χ1v) is 11.0. The normalized spacial score (nSPS) is 17.3. The third-order valence-electron chi connectivity index (χ3n) is 5.75. The summed E-state index contributed by atoms with van der Waals surface area (Å²) in [4.78, 5) is 23.5. The maximum absolute atomic E-state index is 11.1. The Kier molecular flexibility index (Phi) is 5.79. The van der Waals surface area contributed by atoms with Gasteiger partial charge in [0.05, 0.1) is 12.1 Å². The van der Waals surface area contributed by atoms with Crippen LogP contribution in [0.1, 0.15) is 45.1 Å². The molecule has 0 unspecified atom stereocenters. The molecule has 1 aromatic carbocycles. The van der Waals surface area contributed by atoms with Crippen molar-refractivity contribution in [3.05, 3.63) is 36.2 Å². The lowest BCUT2D eigenvalue weighted by Crippen LogP contribution is -2.35. The third-order valence-corrected chi connectivity index (χ3v) is 6.82. The number of benzene rings is 1. The molecule has 7 heteroatoms. The van der Waals surface area contributed by atoms with Crippen LogP contribution < -0.4 is 5.32 Å². The van der Waals surface area contributed by atoms with E-state index in [9.17, 15) is 4.79 Å². The topological polar surface area (TPSA) is 78.4 Å². The summed E-state index contributed by atoms with van der Waals surface area (Å²) in [7, 11) is 0. The Labute approximate surface area is 176 Å². The zero-order valence-corrected chi connectivity index (χ0v) is 17.8. The van der Waals surface area contributed by atoms with Gasteiger partial charge in [0.15, 0.2) is 5.82 Å². The van der Waals surface area contributed by atoms with Crippen LogP contribution in [0.2, 0.25) is 0 Å². The van der Waals surface area contributed by atoms with E-state index in [0.29, 0.717) is 5.92 Å². The van der Waals surface area contributed by atoms with Gasteiger partial charge in [-0.05, 0) is 61.4 Å². The number of fused-ring (bicyclic) bond motifs is 2. The Balaban J connectivity index is 1.32. The van der Waals surface area contributed by atoms with Gasteiger partial charge in [-0.3, -0.25) is 9.69 Å². The van der Waals surface area contributed by atoms with Crippen LogP contribution in [-0.4, -0.2) is 39.0 Å². The average Bonchev–Trinajstić information content (AvgIpc) is 2.66. The first-order chi connectivity index (χ1) is 13.9. The van der Waals surface area contributed by atoms with Gasteiger partial charge in [0, 0.05) is 23.8 Å². The zero-order valence-electron chi connectivity index (χ0n) is 17.0. The Morgan fingerprint density at radius 3 is 2.79 bits per heavy atom. The molecule has 2 aromatic rings. The number of piperidine rings is 1. The van der Waals surface area contributed by atoms with Crippen molar-refractivity contribution in [3.8, 4) is 0 Å².